The van der Waals surface area contributed by atoms with Crippen molar-refractivity contribution in [3.05, 3.63) is 54.7 Å². The van der Waals surface area contributed by atoms with Crippen molar-refractivity contribution in [2.75, 3.05) is 0 Å². The fourth-order valence-corrected chi connectivity index (χ4v) is 1.94. The van der Waals surface area contributed by atoms with Gasteiger partial charge in [-0.25, -0.2) is 4.79 Å². The monoisotopic (exact) mass is 343 g/mol. The van der Waals surface area contributed by atoms with Crippen LogP contribution in [0.4, 0.5) is 5.69 Å². The third kappa shape index (κ3) is 2.74. The van der Waals surface area contributed by atoms with Crippen LogP contribution in [0.3, 0.4) is 0 Å². The van der Waals surface area contributed by atoms with Gasteiger partial charge in [-0.3, -0.25) is 14.9 Å². The summed E-state index contributed by atoms with van der Waals surface area (Å²) in [5.41, 5.74) is -1.61. The standard InChI is InChI=1S/C10H6BrN3O6/c11-6-3-13(4-8(9(6)15)14(18)19)2-5-1-7(10(16)17)12-20-5/h1,3-4H,2H2,(H,16,17). The first-order valence-electron chi connectivity index (χ1n) is 5.11. The maximum absolute atomic E-state index is 11.5. The van der Waals surface area contributed by atoms with Gasteiger partial charge in [0, 0.05) is 12.3 Å². The summed E-state index contributed by atoms with van der Waals surface area (Å²) in [7, 11) is 0. The van der Waals surface area contributed by atoms with E-state index in [9.17, 15) is 19.7 Å². The number of nitro groups is 1. The molecule has 0 spiro atoms. The Morgan fingerprint density at radius 1 is 1.55 bits per heavy atom. The number of rotatable bonds is 4. The molecule has 9 nitrogen and oxygen atoms in total. The highest BCUT2D eigenvalue weighted by Gasteiger charge is 2.17. The third-order valence-corrected chi connectivity index (χ3v) is 2.89. The van der Waals surface area contributed by atoms with Crippen LogP contribution >= 0.6 is 15.9 Å². The number of carboxylic acid groups (broad SMARTS) is 1. The molecule has 20 heavy (non-hydrogen) atoms. The Balaban J connectivity index is 2.36. The lowest BCUT2D eigenvalue weighted by Crippen LogP contribution is -2.13. The largest absolute Gasteiger partial charge is 0.476 e. The fourth-order valence-electron chi connectivity index (χ4n) is 1.47. The summed E-state index contributed by atoms with van der Waals surface area (Å²) >= 11 is 2.93. The molecular formula is C10H6BrN3O6. The summed E-state index contributed by atoms with van der Waals surface area (Å²) in [4.78, 5) is 32.1. The van der Waals surface area contributed by atoms with Crippen LogP contribution in [-0.2, 0) is 6.54 Å². The Labute approximate surface area is 118 Å². The van der Waals surface area contributed by atoms with Crippen LogP contribution in [0, 0.1) is 10.1 Å². The summed E-state index contributed by atoms with van der Waals surface area (Å²) in [6, 6.07) is 1.19. The average Bonchev–Trinajstić information content (AvgIpc) is 2.81. The summed E-state index contributed by atoms with van der Waals surface area (Å²) in [6.07, 6.45) is 2.37. The molecule has 1 N–H and O–H groups in total. The molecule has 2 aromatic heterocycles. The maximum Gasteiger partial charge on any atom is 0.358 e. The first kappa shape index (κ1) is 13.9. The molecule has 0 unspecified atom stereocenters. The number of carbonyl (C=O) groups is 1. The number of nitrogens with zero attached hydrogens (tertiary/aromatic N) is 3. The number of hydrogen-bond donors (Lipinski definition) is 1. The van der Waals surface area contributed by atoms with Crippen molar-refractivity contribution in [1.82, 2.24) is 9.72 Å². The predicted molar refractivity (Wildman–Crippen MR) is 67.6 cm³/mol. The van der Waals surface area contributed by atoms with Crippen molar-refractivity contribution in [2.24, 2.45) is 0 Å². The van der Waals surface area contributed by atoms with Gasteiger partial charge in [0.2, 0.25) is 0 Å². The number of carboxylic acids is 1. The van der Waals surface area contributed by atoms with Crippen molar-refractivity contribution in [3.63, 3.8) is 0 Å². The Bertz CT molecular complexity index is 750. The molecule has 0 amide bonds. The van der Waals surface area contributed by atoms with E-state index in [0.29, 0.717) is 0 Å². The Morgan fingerprint density at radius 3 is 2.80 bits per heavy atom. The minimum absolute atomic E-state index is 0. The zero-order valence-electron chi connectivity index (χ0n) is 9.65. The molecule has 2 aromatic rings. The van der Waals surface area contributed by atoms with Crippen molar-refractivity contribution in [1.29, 1.82) is 0 Å². The Morgan fingerprint density at radius 2 is 2.25 bits per heavy atom. The lowest BCUT2D eigenvalue weighted by atomic mass is 10.3. The van der Waals surface area contributed by atoms with E-state index in [0.717, 1.165) is 6.20 Å². The Kier molecular flexibility index (Phi) is 3.66. The molecule has 0 saturated heterocycles. The van der Waals surface area contributed by atoms with Gasteiger partial charge in [-0.05, 0) is 15.9 Å². The molecular weight excluding hydrogens is 338 g/mol. The SMILES string of the molecule is O=C(O)c1cc(Cn2cc(Br)c(=O)c([N+](=O)[O-])c2)on1. The van der Waals surface area contributed by atoms with E-state index < -0.39 is 22.0 Å². The van der Waals surface area contributed by atoms with E-state index in [-0.39, 0.29) is 22.5 Å². The van der Waals surface area contributed by atoms with E-state index in [1.807, 2.05) is 0 Å². The zero-order chi connectivity index (χ0) is 14.9. The molecule has 0 aliphatic carbocycles. The molecule has 0 aliphatic heterocycles. The van der Waals surface area contributed by atoms with Gasteiger partial charge in [-0.15, -0.1) is 0 Å². The number of hydrogen-bond acceptors (Lipinski definition) is 6. The molecule has 0 aromatic carbocycles. The van der Waals surface area contributed by atoms with Crippen LogP contribution < -0.4 is 5.43 Å². The molecule has 0 aliphatic rings. The number of aromatic carboxylic acids is 1. The topological polar surface area (TPSA) is 128 Å². The third-order valence-electron chi connectivity index (χ3n) is 2.33. The zero-order valence-corrected chi connectivity index (χ0v) is 11.2. The van der Waals surface area contributed by atoms with Crippen LogP contribution in [0.5, 0.6) is 0 Å². The highest BCUT2D eigenvalue weighted by Crippen LogP contribution is 2.13. The summed E-state index contributed by atoms with van der Waals surface area (Å²) in [5.74, 6) is -1.06. The van der Waals surface area contributed by atoms with Gasteiger partial charge in [0.25, 0.3) is 5.43 Å². The van der Waals surface area contributed by atoms with Gasteiger partial charge in [0.1, 0.15) is 0 Å². The smallest absolute Gasteiger partial charge is 0.358 e. The predicted octanol–water partition coefficient (Wildman–Crippen LogP) is 1.25. The molecule has 0 bridgehead atoms. The molecule has 0 fully saturated rings. The van der Waals surface area contributed by atoms with Gasteiger partial charge in [-0.2, -0.15) is 0 Å². The first-order valence-corrected chi connectivity index (χ1v) is 5.90. The van der Waals surface area contributed by atoms with Crippen LogP contribution in [0.15, 0.2) is 32.3 Å². The lowest BCUT2D eigenvalue weighted by molar-refractivity contribution is -0.386. The molecule has 10 heteroatoms. The molecule has 104 valence electrons. The van der Waals surface area contributed by atoms with Crippen LogP contribution in [-0.4, -0.2) is 25.7 Å². The van der Waals surface area contributed by atoms with Crippen molar-refractivity contribution in [2.45, 2.75) is 6.54 Å². The van der Waals surface area contributed by atoms with Gasteiger partial charge >= 0.3 is 11.7 Å². The summed E-state index contributed by atoms with van der Waals surface area (Å²) in [6.45, 7) is 0. The normalized spacial score (nSPS) is 10.4. The highest BCUT2D eigenvalue weighted by molar-refractivity contribution is 9.10. The second-order valence-corrected chi connectivity index (χ2v) is 4.59. The number of pyridine rings is 1. The van der Waals surface area contributed by atoms with Crippen LogP contribution in [0.2, 0.25) is 0 Å². The van der Waals surface area contributed by atoms with Gasteiger partial charge in [-0.1, -0.05) is 5.16 Å². The van der Waals surface area contributed by atoms with Crippen molar-refractivity contribution < 1.29 is 19.3 Å². The van der Waals surface area contributed by atoms with E-state index >= 15 is 0 Å². The Hall–Kier alpha value is -2.49. The average molecular weight is 344 g/mol. The lowest BCUT2D eigenvalue weighted by Gasteiger charge is -2.03. The van der Waals surface area contributed by atoms with Gasteiger partial charge < -0.3 is 14.2 Å². The van der Waals surface area contributed by atoms with Gasteiger partial charge in [0.05, 0.1) is 22.1 Å². The first-order chi connectivity index (χ1) is 9.38. The van der Waals surface area contributed by atoms with Crippen LogP contribution in [0.1, 0.15) is 16.2 Å². The molecule has 0 radical (unpaired) electrons. The van der Waals surface area contributed by atoms with E-state index in [1.165, 1.54) is 16.8 Å². The van der Waals surface area contributed by atoms with E-state index in [1.54, 1.807) is 0 Å². The van der Waals surface area contributed by atoms with Gasteiger partial charge in [0.15, 0.2) is 11.5 Å². The van der Waals surface area contributed by atoms with Crippen LogP contribution in [0.25, 0.3) is 0 Å². The maximum atomic E-state index is 11.5. The van der Waals surface area contributed by atoms with E-state index in [2.05, 4.69) is 21.1 Å². The molecule has 2 rings (SSSR count). The minimum Gasteiger partial charge on any atom is -0.476 e. The minimum atomic E-state index is -1.24. The van der Waals surface area contributed by atoms with Crippen molar-refractivity contribution >= 4 is 27.6 Å². The van der Waals surface area contributed by atoms with E-state index in [4.69, 9.17) is 9.63 Å². The highest BCUT2D eigenvalue weighted by atomic mass is 79.9. The second kappa shape index (κ2) is 5.25. The fraction of sp³-hybridized carbons (Fsp3) is 0.100. The molecule has 0 saturated carbocycles. The number of aromatic nitrogens is 2. The number of halogens is 1. The molecule has 2 heterocycles. The summed E-state index contributed by atoms with van der Waals surface area (Å²) < 4.78 is 6.12. The summed E-state index contributed by atoms with van der Waals surface area (Å²) in [5, 5.41) is 22.7. The molecule has 0 atom stereocenters. The quantitative estimate of drug-likeness (QED) is 0.653. The van der Waals surface area contributed by atoms with Crippen molar-refractivity contribution in [3.8, 4) is 0 Å². The second-order valence-electron chi connectivity index (χ2n) is 3.73.